The summed E-state index contributed by atoms with van der Waals surface area (Å²) in [5.41, 5.74) is 0. The number of aliphatic hydroxyl groups is 1. The Hall–Kier alpha value is -1.14. The number of carbonyl (C=O) groups is 2. The smallest absolute Gasteiger partial charge is 0.229 e. The minimum absolute atomic E-state index is 0.00829. The predicted octanol–water partition coefficient (Wildman–Crippen LogP) is -0.927. The molecule has 18 heavy (non-hydrogen) atoms. The molecule has 2 saturated heterocycles. The van der Waals surface area contributed by atoms with Crippen molar-refractivity contribution in [2.24, 2.45) is 5.92 Å². The highest BCUT2D eigenvalue weighted by Gasteiger charge is 2.42. The molecule has 2 atom stereocenters. The average molecular weight is 256 g/mol. The maximum absolute atomic E-state index is 12.2. The van der Waals surface area contributed by atoms with Gasteiger partial charge in [0.2, 0.25) is 11.8 Å². The minimum Gasteiger partial charge on any atom is -0.394 e. The SMILES string of the molecule is CO[C@@H]1C[C@@H](CO)N(C(=O)C2CN(C(C)=O)C2)C1. The van der Waals surface area contributed by atoms with Crippen molar-refractivity contribution in [3.63, 3.8) is 0 Å². The van der Waals surface area contributed by atoms with E-state index in [0.717, 1.165) is 0 Å². The summed E-state index contributed by atoms with van der Waals surface area (Å²) in [5.74, 6) is -0.0707. The van der Waals surface area contributed by atoms with Crippen LogP contribution in [0.1, 0.15) is 13.3 Å². The number of rotatable bonds is 3. The fraction of sp³-hybridized carbons (Fsp3) is 0.833. The van der Waals surface area contributed by atoms with E-state index in [9.17, 15) is 14.7 Å². The van der Waals surface area contributed by atoms with Gasteiger partial charge in [0, 0.05) is 33.7 Å². The van der Waals surface area contributed by atoms with Crippen molar-refractivity contribution >= 4 is 11.8 Å². The molecule has 2 amide bonds. The van der Waals surface area contributed by atoms with E-state index in [-0.39, 0.29) is 36.5 Å². The first-order chi connectivity index (χ1) is 8.56. The molecule has 0 bridgehead atoms. The molecule has 6 nitrogen and oxygen atoms in total. The second-order valence-electron chi connectivity index (χ2n) is 5.04. The summed E-state index contributed by atoms with van der Waals surface area (Å²) in [6.07, 6.45) is 0.692. The van der Waals surface area contributed by atoms with E-state index in [1.807, 2.05) is 0 Å². The Morgan fingerprint density at radius 2 is 2.00 bits per heavy atom. The lowest BCUT2D eigenvalue weighted by Crippen LogP contribution is -2.57. The second-order valence-corrected chi connectivity index (χ2v) is 5.04. The molecule has 2 aliphatic rings. The van der Waals surface area contributed by atoms with Crippen molar-refractivity contribution in [3.05, 3.63) is 0 Å². The lowest BCUT2D eigenvalue weighted by molar-refractivity contribution is -0.148. The van der Waals surface area contributed by atoms with Gasteiger partial charge in [-0.1, -0.05) is 0 Å². The molecule has 2 aliphatic heterocycles. The first-order valence-corrected chi connectivity index (χ1v) is 6.26. The van der Waals surface area contributed by atoms with Crippen LogP contribution in [0.4, 0.5) is 0 Å². The lowest BCUT2D eigenvalue weighted by atomic mass is 9.98. The monoisotopic (exact) mass is 256 g/mol. The Morgan fingerprint density at radius 3 is 2.50 bits per heavy atom. The minimum atomic E-state index is -0.145. The Bertz CT molecular complexity index is 341. The van der Waals surface area contributed by atoms with Gasteiger partial charge in [0.15, 0.2) is 0 Å². The van der Waals surface area contributed by atoms with Crippen molar-refractivity contribution < 1.29 is 19.4 Å². The molecule has 0 saturated carbocycles. The average Bonchev–Trinajstić information content (AvgIpc) is 2.69. The van der Waals surface area contributed by atoms with Crippen molar-refractivity contribution in [3.8, 4) is 0 Å². The summed E-state index contributed by atoms with van der Waals surface area (Å²) in [5, 5.41) is 9.30. The third-order valence-electron chi connectivity index (χ3n) is 3.88. The molecule has 102 valence electrons. The van der Waals surface area contributed by atoms with Crippen LogP contribution in [-0.4, -0.2) is 72.2 Å². The molecule has 0 unspecified atom stereocenters. The van der Waals surface area contributed by atoms with E-state index < -0.39 is 0 Å². The summed E-state index contributed by atoms with van der Waals surface area (Å²) in [4.78, 5) is 26.7. The standard InChI is InChI=1S/C12H20N2O4/c1-8(16)13-4-9(5-13)12(17)14-6-11(18-2)3-10(14)7-15/h9-11,15H,3-7H2,1-2H3/t10-,11+/m0/s1. The molecular weight excluding hydrogens is 236 g/mol. The zero-order valence-electron chi connectivity index (χ0n) is 10.8. The van der Waals surface area contributed by atoms with E-state index in [0.29, 0.717) is 26.1 Å². The maximum atomic E-state index is 12.2. The molecular formula is C12H20N2O4. The molecule has 2 fully saturated rings. The zero-order chi connectivity index (χ0) is 13.3. The van der Waals surface area contributed by atoms with Crippen LogP contribution in [0.2, 0.25) is 0 Å². The molecule has 0 aromatic carbocycles. The molecule has 0 aliphatic carbocycles. The van der Waals surface area contributed by atoms with Gasteiger partial charge in [-0.15, -0.1) is 0 Å². The van der Waals surface area contributed by atoms with Gasteiger partial charge in [-0.2, -0.15) is 0 Å². The zero-order valence-corrected chi connectivity index (χ0v) is 10.8. The topological polar surface area (TPSA) is 70.1 Å². The molecule has 2 heterocycles. The van der Waals surface area contributed by atoms with Gasteiger partial charge in [0.1, 0.15) is 0 Å². The van der Waals surface area contributed by atoms with Gasteiger partial charge >= 0.3 is 0 Å². The Morgan fingerprint density at radius 1 is 1.33 bits per heavy atom. The van der Waals surface area contributed by atoms with Crippen molar-refractivity contribution in [2.45, 2.75) is 25.5 Å². The number of hydrogen-bond acceptors (Lipinski definition) is 4. The second kappa shape index (κ2) is 5.24. The van der Waals surface area contributed by atoms with Gasteiger partial charge in [-0.3, -0.25) is 9.59 Å². The van der Waals surface area contributed by atoms with E-state index >= 15 is 0 Å². The van der Waals surface area contributed by atoms with Crippen LogP contribution in [-0.2, 0) is 14.3 Å². The van der Waals surface area contributed by atoms with E-state index in [4.69, 9.17) is 4.74 Å². The summed E-state index contributed by atoms with van der Waals surface area (Å²) >= 11 is 0. The predicted molar refractivity (Wildman–Crippen MR) is 63.7 cm³/mol. The molecule has 2 rings (SSSR count). The number of likely N-dealkylation sites (tertiary alicyclic amines) is 2. The van der Waals surface area contributed by atoms with Crippen LogP contribution >= 0.6 is 0 Å². The highest BCUT2D eigenvalue weighted by molar-refractivity contribution is 5.84. The number of hydrogen-bond donors (Lipinski definition) is 1. The first-order valence-electron chi connectivity index (χ1n) is 6.26. The van der Waals surface area contributed by atoms with E-state index in [1.165, 1.54) is 6.92 Å². The molecule has 6 heteroatoms. The van der Waals surface area contributed by atoms with Crippen LogP contribution in [0.3, 0.4) is 0 Å². The van der Waals surface area contributed by atoms with Gasteiger partial charge in [-0.25, -0.2) is 0 Å². The highest BCUT2D eigenvalue weighted by atomic mass is 16.5. The summed E-state index contributed by atoms with van der Waals surface area (Å²) in [7, 11) is 1.62. The normalized spacial score (nSPS) is 28.4. The van der Waals surface area contributed by atoms with Crippen molar-refractivity contribution in [1.29, 1.82) is 0 Å². The third kappa shape index (κ3) is 2.35. The van der Waals surface area contributed by atoms with Crippen LogP contribution in [0, 0.1) is 5.92 Å². The largest absolute Gasteiger partial charge is 0.394 e. The highest BCUT2D eigenvalue weighted by Crippen LogP contribution is 2.25. The van der Waals surface area contributed by atoms with Gasteiger partial charge < -0.3 is 19.6 Å². The van der Waals surface area contributed by atoms with E-state index in [2.05, 4.69) is 0 Å². The lowest BCUT2D eigenvalue weighted by Gasteiger charge is -2.40. The molecule has 0 spiro atoms. The number of methoxy groups -OCH3 is 1. The van der Waals surface area contributed by atoms with Gasteiger partial charge in [0.05, 0.1) is 24.7 Å². The number of nitrogens with zero attached hydrogens (tertiary/aromatic N) is 2. The Kier molecular flexibility index (Phi) is 3.87. The van der Waals surface area contributed by atoms with Crippen molar-refractivity contribution in [2.75, 3.05) is 33.4 Å². The fourth-order valence-corrected chi connectivity index (χ4v) is 2.61. The van der Waals surface area contributed by atoms with Crippen LogP contribution < -0.4 is 0 Å². The Balaban J connectivity index is 1.91. The molecule has 0 radical (unpaired) electrons. The summed E-state index contributed by atoms with van der Waals surface area (Å²) in [6, 6.07) is -0.145. The third-order valence-corrected chi connectivity index (χ3v) is 3.88. The van der Waals surface area contributed by atoms with Crippen molar-refractivity contribution in [1.82, 2.24) is 9.80 Å². The Labute approximate surface area is 106 Å². The fourth-order valence-electron chi connectivity index (χ4n) is 2.61. The molecule has 1 N–H and O–H groups in total. The molecule has 0 aromatic rings. The van der Waals surface area contributed by atoms with Crippen LogP contribution in [0.15, 0.2) is 0 Å². The number of ether oxygens (including phenoxy) is 1. The first kappa shape index (κ1) is 13.3. The molecule has 0 aromatic heterocycles. The number of aliphatic hydroxyl groups excluding tert-OH is 1. The maximum Gasteiger partial charge on any atom is 0.229 e. The van der Waals surface area contributed by atoms with E-state index in [1.54, 1.807) is 16.9 Å². The van der Waals surface area contributed by atoms with Crippen LogP contribution in [0.25, 0.3) is 0 Å². The number of amides is 2. The van der Waals surface area contributed by atoms with Gasteiger partial charge in [0.25, 0.3) is 0 Å². The number of carbonyl (C=O) groups excluding carboxylic acids is 2. The summed E-state index contributed by atoms with van der Waals surface area (Å²) < 4.78 is 5.24. The van der Waals surface area contributed by atoms with Crippen LogP contribution in [0.5, 0.6) is 0 Å². The summed E-state index contributed by atoms with van der Waals surface area (Å²) in [6.45, 7) is 3.01. The quantitative estimate of drug-likeness (QED) is 0.708. The van der Waals surface area contributed by atoms with Gasteiger partial charge in [-0.05, 0) is 6.42 Å².